The summed E-state index contributed by atoms with van der Waals surface area (Å²) in [6, 6.07) is 7.16. The van der Waals surface area contributed by atoms with Crippen LogP contribution in [0, 0.1) is 5.92 Å². The topological polar surface area (TPSA) is 61.9 Å². The number of benzene rings is 1. The second-order valence-electron chi connectivity index (χ2n) is 6.37. The van der Waals surface area contributed by atoms with Crippen LogP contribution in [-0.4, -0.2) is 68.0 Å². The standard InChI is InChI=1S/C18H25N3O3/c1-24-16-4-2-14(3-5-16)17(22)20-10-12-21(13-11-20)18(23)15-6-8-19-9-7-15/h2-5,15,19H,6-13H2,1H3. The molecule has 0 atom stereocenters. The highest BCUT2D eigenvalue weighted by molar-refractivity contribution is 5.94. The number of amides is 2. The van der Waals surface area contributed by atoms with Crippen LogP contribution in [0.3, 0.4) is 0 Å². The number of nitrogens with one attached hydrogen (secondary N) is 1. The van der Waals surface area contributed by atoms with E-state index in [4.69, 9.17) is 4.74 Å². The first kappa shape index (κ1) is 16.8. The first-order chi connectivity index (χ1) is 11.7. The Hall–Kier alpha value is -2.08. The molecule has 1 aromatic rings. The zero-order valence-electron chi connectivity index (χ0n) is 14.2. The van der Waals surface area contributed by atoms with Crippen molar-refractivity contribution in [2.75, 3.05) is 46.4 Å². The van der Waals surface area contributed by atoms with Crippen molar-refractivity contribution < 1.29 is 14.3 Å². The van der Waals surface area contributed by atoms with Crippen LogP contribution in [0.2, 0.25) is 0 Å². The molecule has 0 radical (unpaired) electrons. The van der Waals surface area contributed by atoms with Gasteiger partial charge in [0, 0.05) is 37.7 Å². The molecule has 2 aliphatic rings. The first-order valence-electron chi connectivity index (χ1n) is 8.62. The maximum absolute atomic E-state index is 12.6. The van der Waals surface area contributed by atoms with E-state index < -0.39 is 0 Å². The maximum Gasteiger partial charge on any atom is 0.253 e. The number of ether oxygens (including phenoxy) is 1. The number of hydrogen-bond donors (Lipinski definition) is 1. The second kappa shape index (κ2) is 7.66. The summed E-state index contributed by atoms with van der Waals surface area (Å²) in [7, 11) is 1.61. The number of rotatable bonds is 3. The van der Waals surface area contributed by atoms with Gasteiger partial charge in [0.15, 0.2) is 0 Å². The molecule has 0 aliphatic carbocycles. The predicted molar refractivity (Wildman–Crippen MR) is 91.1 cm³/mol. The van der Waals surface area contributed by atoms with Crippen molar-refractivity contribution in [3.63, 3.8) is 0 Å². The van der Waals surface area contributed by atoms with Gasteiger partial charge in [-0.1, -0.05) is 0 Å². The van der Waals surface area contributed by atoms with Gasteiger partial charge < -0.3 is 19.9 Å². The van der Waals surface area contributed by atoms with Gasteiger partial charge in [-0.3, -0.25) is 9.59 Å². The summed E-state index contributed by atoms with van der Waals surface area (Å²) in [5.74, 6) is 1.17. The van der Waals surface area contributed by atoms with E-state index >= 15 is 0 Å². The summed E-state index contributed by atoms with van der Waals surface area (Å²) in [5.41, 5.74) is 0.661. The van der Waals surface area contributed by atoms with E-state index in [1.807, 2.05) is 9.80 Å². The minimum atomic E-state index is 0.0200. The van der Waals surface area contributed by atoms with Gasteiger partial charge in [0.1, 0.15) is 5.75 Å². The van der Waals surface area contributed by atoms with Gasteiger partial charge >= 0.3 is 0 Å². The molecule has 0 spiro atoms. The number of hydrogen-bond acceptors (Lipinski definition) is 4. The first-order valence-corrected chi connectivity index (χ1v) is 8.62. The van der Waals surface area contributed by atoms with Crippen LogP contribution in [0.5, 0.6) is 5.75 Å². The Morgan fingerprint density at radius 1 is 1.00 bits per heavy atom. The van der Waals surface area contributed by atoms with Crippen LogP contribution in [0.1, 0.15) is 23.2 Å². The van der Waals surface area contributed by atoms with Gasteiger partial charge in [0.2, 0.25) is 5.91 Å². The molecular weight excluding hydrogens is 306 g/mol. The Bertz CT molecular complexity index is 574. The van der Waals surface area contributed by atoms with Crippen molar-refractivity contribution in [2.45, 2.75) is 12.8 Å². The lowest BCUT2D eigenvalue weighted by Gasteiger charge is -2.37. The summed E-state index contributed by atoms with van der Waals surface area (Å²) in [6.45, 7) is 4.30. The molecule has 130 valence electrons. The second-order valence-corrected chi connectivity index (χ2v) is 6.37. The Balaban J connectivity index is 1.54. The molecule has 1 N–H and O–H groups in total. The lowest BCUT2D eigenvalue weighted by molar-refractivity contribution is -0.137. The molecule has 6 heteroatoms. The van der Waals surface area contributed by atoms with E-state index in [2.05, 4.69) is 5.32 Å². The fourth-order valence-corrected chi connectivity index (χ4v) is 3.37. The molecular formula is C18H25N3O3. The molecule has 1 aromatic carbocycles. The van der Waals surface area contributed by atoms with Crippen molar-refractivity contribution in [2.24, 2.45) is 5.92 Å². The Kier molecular flexibility index (Phi) is 5.35. The zero-order valence-corrected chi connectivity index (χ0v) is 14.2. The van der Waals surface area contributed by atoms with Crippen LogP contribution >= 0.6 is 0 Å². The Morgan fingerprint density at radius 2 is 1.58 bits per heavy atom. The van der Waals surface area contributed by atoms with Gasteiger partial charge in [0.05, 0.1) is 7.11 Å². The third-order valence-electron chi connectivity index (χ3n) is 4.90. The van der Waals surface area contributed by atoms with Crippen LogP contribution in [0.4, 0.5) is 0 Å². The van der Waals surface area contributed by atoms with E-state index in [1.165, 1.54) is 0 Å². The quantitative estimate of drug-likeness (QED) is 0.897. The lowest BCUT2D eigenvalue weighted by Crippen LogP contribution is -2.52. The molecule has 0 unspecified atom stereocenters. The van der Waals surface area contributed by atoms with E-state index in [1.54, 1.807) is 31.4 Å². The molecule has 2 saturated heterocycles. The largest absolute Gasteiger partial charge is 0.497 e. The summed E-state index contributed by atoms with van der Waals surface area (Å²) in [6.07, 6.45) is 1.84. The highest BCUT2D eigenvalue weighted by Gasteiger charge is 2.29. The van der Waals surface area contributed by atoms with Gasteiger partial charge in [0.25, 0.3) is 5.91 Å². The van der Waals surface area contributed by atoms with E-state index in [9.17, 15) is 9.59 Å². The predicted octanol–water partition coefficient (Wildman–Crippen LogP) is 0.979. The molecule has 2 heterocycles. The Morgan fingerprint density at radius 3 is 2.17 bits per heavy atom. The summed E-state index contributed by atoms with van der Waals surface area (Å²) in [4.78, 5) is 28.9. The number of piperazine rings is 1. The van der Waals surface area contributed by atoms with Crippen LogP contribution in [0.15, 0.2) is 24.3 Å². The molecule has 0 saturated carbocycles. The monoisotopic (exact) mass is 331 g/mol. The molecule has 24 heavy (non-hydrogen) atoms. The third kappa shape index (κ3) is 3.70. The highest BCUT2D eigenvalue weighted by atomic mass is 16.5. The SMILES string of the molecule is COc1ccc(C(=O)N2CCN(C(=O)C3CCNCC3)CC2)cc1. The molecule has 2 aliphatic heterocycles. The Labute approximate surface area is 142 Å². The van der Waals surface area contributed by atoms with Crippen molar-refractivity contribution >= 4 is 11.8 Å². The fourth-order valence-electron chi connectivity index (χ4n) is 3.37. The number of carbonyl (C=O) groups excluding carboxylic acids is 2. The number of methoxy groups -OCH3 is 1. The maximum atomic E-state index is 12.6. The molecule has 2 amide bonds. The minimum absolute atomic E-state index is 0.0200. The minimum Gasteiger partial charge on any atom is -0.497 e. The van der Waals surface area contributed by atoms with Crippen LogP contribution < -0.4 is 10.1 Å². The van der Waals surface area contributed by atoms with E-state index in [-0.39, 0.29) is 17.7 Å². The summed E-state index contributed by atoms with van der Waals surface area (Å²) >= 11 is 0. The third-order valence-corrected chi connectivity index (χ3v) is 4.90. The lowest BCUT2D eigenvalue weighted by atomic mass is 9.96. The van der Waals surface area contributed by atoms with Crippen molar-refractivity contribution in [3.8, 4) is 5.75 Å². The van der Waals surface area contributed by atoms with Gasteiger partial charge in [-0.25, -0.2) is 0 Å². The number of nitrogens with zero attached hydrogens (tertiary/aromatic N) is 2. The summed E-state index contributed by atoms with van der Waals surface area (Å²) in [5, 5.41) is 3.29. The fraction of sp³-hybridized carbons (Fsp3) is 0.556. The zero-order chi connectivity index (χ0) is 16.9. The van der Waals surface area contributed by atoms with E-state index in [0.717, 1.165) is 31.7 Å². The normalized spacial score (nSPS) is 19.2. The molecule has 3 rings (SSSR count). The van der Waals surface area contributed by atoms with Crippen molar-refractivity contribution in [3.05, 3.63) is 29.8 Å². The molecule has 0 aromatic heterocycles. The molecule has 6 nitrogen and oxygen atoms in total. The molecule has 2 fully saturated rings. The number of carbonyl (C=O) groups is 2. The molecule has 0 bridgehead atoms. The number of piperidine rings is 1. The average Bonchev–Trinajstić information content (AvgIpc) is 2.68. The van der Waals surface area contributed by atoms with Crippen molar-refractivity contribution in [1.82, 2.24) is 15.1 Å². The van der Waals surface area contributed by atoms with Gasteiger partial charge in [-0.15, -0.1) is 0 Å². The van der Waals surface area contributed by atoms with Crippen LogP contribution in [-0.2, 0) is 4.79 Å². The summed E-state index contributed by atoms with van der Waals surface area (Å²) < 4.78 is 5.12. The smallest absolute Gasteiger partial charge is 0.253 e. The van der Waals surface area contributed by atoms with Gasteiger partial charge in [-0.2, -0.15) is 0 Å². The van der Waals surface area contributed by atoms with E-state index in [0.29, 0.717) is 31.7 Å². The average molecular weight is 331 g/mol. The van der Waals surface area contributed by atoms with Gasteiger partial charge in [-0.05, 0) is 50.2 Å². The highest BCUT2D eigenvalue weighted by Crippen LogP contribution is 2.18. The van der Waals surface area contributed by atoms with Crippen molar-refractivity contribution in [1.29, 1.82) is 0 Å². The van der Waals surface area contributed by atoms with Crippen LogP contribution in [0.25, 0.3) is 0 Å².